The summed E-state index contributed by atoms with van der Waals surface area (Å²) in [5, 5.41) is 9.31. The number of pyridine rings is 1. The summed E-state index contributed by atoms with van der Waals surface area (Å²) in [4.78, 5) is 20.9. The third-order valence-corrected chi connectivity index (χ3v) is 5.32. The van der Waals surface area contributed by atoms with Crippen molar-refractivity contribution in [1.82, 2.24) is 14.5 Å². The third-order valence-electron chi connectivity index (χ3n) is 5.32. The van der Waals surface area contributed by atoms with Crippen molar-refractivity contribution in [3.63, 3.8) is 0 Å². The highest BCUT2D eigenvalue weighted by Crippen LogP contribution is 2.22. The molecule has 158 valence electrons. The Morgan fingerprint density at radius 2 is 1.81 bits per heavy atom. The number of imidazole rings is 1. The number of benzene rings is 2. The number of aryl methyl sites for hydroxylation is 3. The van der Waals surface area contributed by atoms with Gasteiger partial charge in [0.2, 0.25) is 0 Å². The first kappa shape index (κ1) is 20.6. The number of carboxylic acid groups (broad SMARTS) is 1. The van der Waals surface area contributed by atoms with E-state index in [4.69, 9.17) is 14.7 Å². The van der Waals surface area contributed by atoms with Crippen molar-refractivity contribution in [3.8, 4) is 5.75 Å². The molecule has 31 heavy (non-hydrogen) atoms. The van der Waals surface area contributed by atoms with E-state index in [1.165, 1.54) is 0 Å². The minimum atomic E-state index is -0.951. The molecule has 4 aromatic rings. The van der Waals surface area contributed by atoms with Gasteiger partial charge in [-0.1, -0.05) is 37.3 Å². The predicted molar refractivity (Wildman–Crippen MR) is 120 cm³/mol. The van der Waals surface area contributed by atoms with Crippen molar-refractivity contribution >= 4 is 17.1 Å². The monoisotopic (exact) mass is 415 g/mol. The van der Waals surface area contributed by atoms with Gasteiger partial charge in [-0.2, -0.15) is 0 Å². The molecule has 0 amide bonds. The second-order valence-corrected chi connectivity index (χ2v) is 7.62. The second kappa shape index (κ2) is 8.60. The summed E-state index contributed by atoms with van der Waals surface area (Å²) in [6, 6.07) is 16.8. The summed E-state index contributed by atoms with van der Waals surface area (Å²) in [5.41, 5.74) is 6.03. The predicted octanol–water partition coefficient (Wildman–Crippen LogP) is 4.94. The highest BCUT2D eigenvalue weighted by Gasteiger charge is 2.14. The first-order chi connectivity index (χ1) is 15.0. The average Bonchev–Trinajstić information content (AvgIpc) is 3.11. The maximum atomic E-state index is 11.3. The van der Waals surface area contributed by atoms with E-state index in [0.717, 1.165) is 40.2 Å². The van der Waals surface area contributed by atoms with Crippen LogP contribution in [0.5, 0.6) is 5.75 Å². The molecule has 0 unspecified atom stereocenters. The van der Waals surface area contributed by atoms with Gasteiger partial charge in [-0.05, 0) is 49.2 Å². The Labute approximate surface area is 181 Å². The summed E-state index contributed by atoms with van der Waals surface area (Å²) >= 11 is 0. The number of rotatable bonds is 7. The van der Waals surface area contributed by atoms with Gasteiger partial charge in [-0.3, -0.25) is 0 Å². The van der Waals surface area contributed by atoms with Crippen LogP contribution in [-0.4, -0.2) is 25.6 Å². The number of aromatic carboxylic acids is 1. The van der Waals surface area contributed by atoms with Gasteiger partial charge in [0.15, 0.2) is 5.65 Å². The number of carbonyl (C=O) groups is 1. The van der Waals surface area contributed by atoms with Crippen LogP contribution in [0.15, 0.2) is 54.6 Å². The van der Waals surface area contributed by atoms with E-state index in [1.54, 1.807) is 18.2 Å². The van der Waals surface area contributed by atoms with Crippen LogP contribution in [0, 0.1) is 13.8 Å². The standard InChI is InChI=1S/C25H25N3O3/c1-4-22-27-23-16(2)13-17(3)26-24(23)28(22)14-18-9-11-20(12-10-18)31-15-19-7-5-6-8-21(19)25(29)30/h5-13H,4,14-15H2,1-3H3,(H,29,30). The normalized spacial score (nSPS) is 11.1. The molecule has 2 aromatic carbocycles. The Bertz CT molecular complexity index is 1240. The molecule has 2 heterocycles. The Hall–Kier alpha value is -3.67. The molecule has 0 bridgehead atoms. The molecule has 1 N–H and O–H groups in total. The van der Waals surface area contributed by atoms with Crippen LogP contribution in [0.25, 0.3) is 11.2 Å². The van der Waals surface area contributed by atoms with Crippen LogP contribution in [0.2, 0.25) is 0 Å². The molecule has 0 aliphatic rings. The molecule has 6 heteroatoms. The van der Waals surface area contributed by atoms with E-state index in [0.29, 0.717) is 17.9 Å². The average molecular weight is 415 g/mol. The molecule has 6 nitrogen and oxygen atoms in total. The Kier molecular flexibility index (Phi) is 5.71. The van der Waals surface area contributed by atoms with Crippen molar-refractivity contribution in [2.45, 2.75) is 40.3 Å². The quantitative estimate of drug-likeness (QED) is 0.463. The van der Waals surface area contributed by atoms with Gasteiger partial charge in [-0.15, -0.1) is 0 Å². The number of nitrogens with zero attached hydrogens (tertiary/aromatic N) is 3. The molecule has 0 aliphatic heterocycles. The molecule has 0 spiro atoms. The third kappa shape index (κ3) is 4.28. The largest absolute Gasteiger partial charge is 0.489 e. The van der Waals surface area contributed by atoms with E-state index in [1.807, 2.05) is 37.3 Å². The van der Waals surface area contributed by atoms with Crippen LogP contribution in [0.1, 0.15) is 45.5 Å². The van der Waals surface area contributed by atoms with Crippen molar-refractivity contribution in [2.24, 2.45) is 0 Å². The lowest BCUT2D eigenvalue weighted by Gasteiger charge is -2.11. The molecule has 2 aromatic heterocycles. The Balaban J connectivity index is 1.53. The number of hydrogen-bond donors (Lipinski definition) is 1. The summed E-state index contributed by atoms with van der Waals surface area (Å²) in [6.45, 7) is 7.06. The van der Waals surface area contributed by atoms with Gasteiger partial charge in [0, 0.05) is 17.7 Å². The minimum Gasteiger partial charge on any atom is -0.489 e. The van der Waals surface area contributed by atoms with Crippen LogP contribution in [-0.2, 0) is 19.6 Å². The van der Waals surface area contributed by atoms with Gasteiger partial charge < -0.3 is 14.4 Å². The molecule has 0 radical (unpaired) electrons. The summed E-state index contributed by atoms with van der Waals surface area (Å²) in [6.07, 6.45) is 0.832. The van der Waals surface area contributed by atoms with Crippen LogP contribution in [0.4, 0.5) is 0 Å². The fourth-order valence-corrected chi connectivity index (χ4v) is 3.77. The van der Waals surface area contributed by atoms with Gasteiger partial charge in [-0.25, -0.2) is 14.8 Å². The molecule has 4 rings (SSSR count). The SMILES string of the molecule is CCc1nc2c(C)cc(C)nc2n1Cc1ccc(OCc2ccccc2C(=O)O)cc1. The lowest BCUT2D eigenvalue weighted by atomic mass is 10.1. The molecule has 0 saturated heterocycles. The Morgan fingerprint density at radius 3 is 2.52 bits per heavy atom. The van der Waals surface area contributed by atoms with Crippen molar-refractivity contribution in [1.29, 1.82) is 0 Å². The van der Waals surface area contributed by atoms with Crippen LogP contribution >= 0.6 is 0 Å². The van der Waals surface area contributed by atoms with Crippen molar-refractivity contribution < 1.29 is 14.6 Å². The maximum Gasteiger partial charge on any atom is 0.336 e. The number of hydrogen-bond acceptors (Lipinski definition) is 4. The number of fused-ring (bicyclic) bond motifs is 1. The molecular weight excluding hydrogens is 390 g/mol. The van der Waals surface area contributed by atoms with Gasteiger partial charge in [0.1, 0.15) is 23.7 Å². The summed E-state index contributed by atoms with van der Waals surface area (Å²) in [5.74, 6) is 0.759. The fourth-order valence-electron chi connectivity index (χ4n) is 3.77. The van der Waals surface area contributed by atoms with Gasteiger partial charge in [0.05, 0.1) is 12.1 Å². The lowest BCUT2D eigenvalue weighted by Crippen LogP contribution is -2.06. The van der Waals surface area contributed by atoms with Crippen LogP contribution in [0.3, 0.4) is 0 Å². The van der Waals surface area contributed by atoms with Crippen molar-refractivity contribution in [3.05, 3.63) is 88.4 Å². The maximum absolute atomic E-state index is 11.3. The highest BCUT2D eigenvalue weighted by atomic mass is 16.5. The molecule has 0 fully saturated rings. The number of ether oxygens (including phenoxy) is 1. The second-order valence-electron chi connectivity index (χ2n) is 7.62. The van der Waals surface area contributed by atoms with Gasteiger partial charge in [0.25, 0.3) is 0 Å². The first-order valence-electron chi connectivity index (χ1n) is 10.3. The van der Waals surface area contributed by atoms with E-state index >= 15 is 0 Å². The summed E-state index contributed by atoms with van der Waals surface area (Å²) < 4.78 is 8.00. The van der Waals surface area contributed by atoms with Crippen molar-refractivity contribution in [2.75, 3.05) is 0 Å². The van der Waals surface area contributed by atoms with E-state index < -0.39 is 5.97 Å². The lowest BCUT2D eigenvalue weighted by molar-refractivity contribution is 0.0694. The topological polar surface area (TPSA) is 77.2 Å². The first-order valence-corrected chi connectivity index (χ1v) is 10.3. The highest BCUT2D eigenvalue weighted by molar-refractivity contribution is 5.89. The van der Waals surface area contributed by atoms with E-state index in [2.05, 4.69) is 24.5 Å². The molecule has 0 saturated carbocycles. The molecular formula is C25H25N3O3. The zero-order valence-corrected chi connectivity index (χ0v) is 17.9. The number of carboxylic acids is 1. The van der Waals surface area contributed by atoms with E-state index in [9.17, 15) is 9.90 Å². The Morgan fingerprint density at radius 1 is 1.06 bits per heavy atom. The zero-order valence-electron chi connectivity index (χ0n) is 17.9. The van der Waals surface area contributed by atoms with Crippen LogP contribution < -0.4 is 4.74 Å². The van der Waals surface area contributed by atoms with E-state index in [-0.39, 0.29) is 12.2 Å². The van der Waals surface area contributed by atoms with Gasteiger partial charge >= 0.3 is 5.97 Å². The zero-order chi connectivity index (χ0) is 22.0. The smallest absolute Gasteiger partial charge is 0.336 e. The fraction of sp³-hybridized carbons (Fsp3) is 0.240. The minimum absolute atomic E-state index is 0.205. The molecule has 0 atom stereocenters. The summed E-state index contributed by atoms with van der Waals surface area (Å²) in [7, 11) is 0. The molecule has 0 aliphatic carbocycles. The number of aromatic nitrogens is 3.